The molecular weight excluding hydrogens is 534 g/mol. The average molecular weight is 574 g/mol. The molecule has 0 heterocycles. The summed E-state index contributed by atoms with van der Waals surface area (Å²) in [7, 11) is 0. The summed E-state index contributed by atoms with van der Waals surface area (Å²) in [6, 6.07) is 27.3. The van der Waals surface area contributed by atoms with E-state index < -0.39 is 24.1 Å². The Morgan fingerprint density at radius 3 is 1.40 bits per heavy atom. The second-order valence-electron chi connectivity index (χ2n) is 10.9. The van der Waals surface area contributed by atoms with Gasteiger partial charge in [0.25, 0.3) is 0 Å². The van der Waals surface area contributed by atoms with Gasteiger partial charge in [0.05, 0.1) is 0 Å². The van der Waals surface area contributed by atoms with Gasteiger partial charge >= 0.3 is 11.9 Å². The Kier molecular flexibility index (Phi) is 9.66. The fraction of sp³-hybridized carbons (Fsp3) is 0.211. The molecule has 0 saturated carbocycles. The molecule has 4 rings (SSSR count). The zero-order chi connectivity index (χ0) is 31.3. The van der Waals surface area contributed by atoms with Gasteiger partial charge in [-0.2, -0.15) is 0 Å². The first kappa shape index (κ1) is 31.0. The number of carbonyl (C=O) groups excluding carboxylic acids is 2. The van der Waals surface area contributed by atoms with Crippen LogP contribution in [0.4, 0.5) is 17.1 Å². The van der Waals surface area contributed by atoms with Crippen LogP contribution >= 0.6 is 0 Å². The lowest BCUT2D eigenvalue weighted by Gasteiger charge is -2.27. The Morgan fingerprint density at radius 1 is 0.581 bits per heavy atom. The highest BCUT2D eigenvalue weighted by atomic mass is 16.5. The molecule has 0 spiro atoms. The highest BCUT2D eigenvalue weighted by molar-refractivity contribution is 5.82. The predicted molar refractivity (Wildman–Crippen MR) is 175 cm³/mol. The van der Waals surface area contributed by atoms with Crippen LogP contribution in [0.15, 0.2) is 104 Å². The Labute approximate surface area is 255 Å². The number of rotatable bonds is 10. The van der Waals surface area contributed by atoms with Crippen LogP contribution in [-0.2, 0) is 19.1 Å². The van der Waals surface area contributed by atoms with Crippen LogP contribution in [0.25, 0.3) is 11.1 Å². The van der Waals surface area contributed by atoms with Gasteiger partial charge in [-0.3, -0.25) is 0 Å². The molecule has 0 saturated heterocycles. The van der Waals surface area contributed by atoms with Gasteiger partial charge in [-0.1, -0.05) is 37.4 Å². The molecule has 0 radical (unpaired) electrons. The topological polar surface area (TPSA) is 55.8 Å². The number of hydrogen-bond acceptors (Lipinski definition) is 5. The van der Waals surface area contributed by atoms with E-state index in [1.165, 1.54) is 22.3 Å². The second kappa shape index (κ2) is 13.4. The van der Waals surface area contributed by atoms with Crippen molar-refractivity contribution in [3.05, 3.63) is 138 Å². The molecule has 43 heavy (non-hydrogen) atoms. The van der Waals surface area contributed by atoms with Crippen molar-refractivity contribution in [2.24, 2.45) is 0 Å². The van der Waals surface area contributed by atoms with E-state index >= 15 is 0 Å². The standard InChI is InChI=1S/C38H39NO4/c1-9-37(40)42-28(7)31-21-32(29(8)43-38(41)10-2)23-33(22-31)30-13-17-34(18-14-30)39(35-15-11-24(3)26(5)19-35)36-16-12-25(4)27(6)20-36/h9-23,28-29H,1-2H2,3-8H3. The minimum atomic E-state index is -0.532. The summed E-state index contributed by atoms with van der Waals surface area (Å²) in [6.45, 7) is 19.1. The maximum Gasteiger partial charge on any atom is 0.330 e. The van der Waals surface area contributed by atoms with Gasteiger partial charge in [0.15, 0.2) is 0 Å². The Morgan fingerprint density at radius 2 is 1.00 bits per heavy atom. The first-order valence-corrected chi connectivity index (χ1v) is 14.4. The molecule has 0 N–H and O–H groups in total. The molecule has 0 bridgehead atoms. The van der Waals surface area contributed by atoms with Crippen LogP contribution in [0, 0.1) is 27.7 Å². The molecule has 5 nitrogen and oxygen atoms in total. The van der Waals surface area contributed by atoms with Gasteiger partial charge in [-0.25, -0.2) is 9.59 Å². The van der Waals surface area contributed by atoms with Crippen molar-refractivity contribution in [2.75, 3.05) is 4.90 Å². The number of nitrogens with zero attached hydrogens (tertiary/aromatic N) is 1. The summed E-state index contributed by atoms with van der Waals surface area (Å²) >= 11 is 0. The molecule has 4 aromatic rings. The highest BCUT2D eigenvalue weighted by Gasteiger charge is 2.18. The number of anilines is 3. The minimum absolute atomic E-state index is 0.507. The number of benzene rings is 4. The van der Waals surface area contributed by atoms with E-state index in [1.54, 1.807) is 13.8 Å². The number of aryl methyl sites for hydroxylation is 4. The van der Waals surface area contributed by atoms with E-state index in [0.29, 0.717) is 0 Å². The van der Waals surface area contributed by atoms with Crippen molar-refractivity contribution in [3.8, 4) is 11.1 Å². The van der Waals surface area contributed by atoms with Crippen molar-refractivity contribution >= 4 is 29.0 Å². The third-order valence-corrected chi connectivity index (χ3v) is 7.79. The van der Waals surface area contributed by atoms with Crippen molar-refractivity contribution in [1.82, 2.24) is 0 Å². The van der Waals surface area contributed by atoms with Gasteiger partial charge < -0.3 is 14.4 Å². The third-order valence-electron chi connectivity index (χ3n) is 7.79. The van der Waals surface area contributed by atoms with E-state index in [9.17, 15) is 9.59 Å². The lowest BCUT2D eigenvalue weighted by molar-refractivity contribution is -0.143. The van der Waals surface area contributed by atoms with E-state index in [2.05, 4.69) is 106 Å². The summed E-state index contributed by atoms with van der Waals surface area (Å²) < 4.78 is 11.0. The number of hydrogen-bond donors (Lipinski definition) is 0. The van der Waals surface area contributed by atoms with Crippen LogP contribution in [0.2, 0.25) is 0 Å². The molecule has 0 fully saturated rings. The first-order valence-electron chi connectivity index (χ1n) is 14.4. The predicted octanol–water partition coefficient (Wildman–Crippen LogP) is 9.64. The van der Waals surface area contributed by atoms with Crippen LogP contribution in [-0.4, -0.2) is 11.9 Å². The van der Waals surface area contributed by atoms with Crippen LogP contribution in [0.5, 0.6) is 0 Å². The van der Waals surface area contributed by atoms with Crippen molar-refractivity contribution in [2.45, 2.75) is 53.8 Å². The SMILES string of the molecule is C=CC(=O)OC(C)c1cc(-c2ccc(N(c3ccc(C)c(C)c3)c3ccc(C)c(C)c3)cc2)cc(C(C)OC(=O)C=C)c1. The molecule has 0 aliphatic heterocycles. The van der Waals surface area contributed by atoms with Crippen molar-refractivity contribution < 1.29 is 19.1 Å². The van der Waals surface area contributed by atoms with Gasteiger partial charge in [0, 0.05) is 29.2 Å². The summed E-state index contributed by atoms with van der Waals surface area (Å²) in [6.07, 6.45) is 1.23. The maximum absolute atomic E-state index is 11.9. The molecule has 4 aromatic carbocycles. The average Bonchev–Trinajstić information content (AvgIpc) is 3.00. The molecule has 0 amide bonds. The molecule has 2 unspecified atom stereocenters. The lowest BCUT2D eigenvalue weighted by Crippen LogP contribution is -2.11. The zero-order valence-electron chi connectivity index (χ0n) is 25.8. The molecule has 5 heteroatoms. The first-order chi connectivity index (χ1) is 20.5. The van der Waals surface area contributed by atoms with E-state index in [4.69, 9.17) is 9.47 Å². The smallest absolute Gasteiger partial charge is 0.330 e. The molecule has 0 aliphatic rings. The van der Waals surface area contributed by atoms with Crippen molar-refractivity contribution in [3.63, 3.8) is 0 Å². The highest BCUT2D eigenvalue weighted by Crippen LogP contribution is 2.38. The Bertz CT molecular complexity index is 1570. The maximum atomic E-state index is 11.9. The van der Waals surface area contributed by atoms with E-state index in [0.717, 1.165) is 51.5 Å². The van der Waals surface area contributed by atoms with Gasteiger partial charge in [0.2, 0.25) is 0 Å². The number of esters is 2. The lowest BCUT2D eigenvalue weighted by atomic mass is 9.95. The molecule has 0 aliphatic carbocycles. The Balaban J connectivity index is 1.78. The fourth-order valence-corrected chi connectivity index (χ4v) is 4.87. The summed E-state index contributed by atoms with van der Waals surface area (Å²) in [5.74, 6) is -1.01. The Hall–Kier alpha value is -4.90. The fourth-order valence-electron chi connectivity index (χ4n) is 4.87. The third kappa shape index (κ3) is 7.31. The van der Waals surface area contributed by atoms with Crippen LogP contribution in [0.1, 0.15) is 59.4 Å². The molecular formula is C38H39NO4. The summed E-state index contributed by atoms with van der Waals surface area (Å²) in [5.41, 5.74) is 11.6. The molecule has 2 atom stereocenters. The zero-order valence-corrected chi connectivity index (χ0v) is 25.8. The number of ether oxygens (including phenoxy) is 2. The van der Waals surface area contributed by atoms with E-state index in [1.807, 2.05) is 18.2 Å². The normalized spacial score (nSPS) is 12.1. The van der Waals surface area contributed by atoms with Gasteiger partial charge in [-0.15, -0.1) is 0 Å². The summed E-state index contributed by atoms with van der Waals surface area (Å²) in [5, 5.41) is 0. The second-order valence-corrected chi connectivity index (χ2v) is 10.9. The quantitative estimate of drug-likeness (QED) is 0.140. The minimum Gasteiger partial charge on any atom is -0.455 e. The van der Waals surface area contributed by atoms with Gasteiger partial charge in [0.1, 0.15) is 12.2 Å². The van der Waals surface area contributed by atoms with Crippen LogP contribution in [0.3, 0.4) is 0 Å². The van der Waals surface area contributed by atoms with E-state index in [-0.39, 0.29) is 0 Å². The summed E-state index contributed by atoms with van der Waals surface area (Å²) in [4.78, 5) is 26.1. The monoisotopic (exact) mass is 573 g/mol. The van der Waals surface area contributed by atoms with Crippen LogP contribution < -0.4 is 4.90 Å². The molecule has 0 aromatic heterocycles. The van der Waals surface area contributed by atoms with Gasteiger partial charge in [-0.05, 0) is 141 Å². The number of carbonyl (C=O) groups is 2. The molecule has 220 valence electrons. The largest absolute Gasteiger partial charge is 0.455 e. The van der Waals surface area contributed by atoms with Crippen molar-refractivity contribution in [1.29, 1.82) is 0 Å².